The van der Waals surface area contributed by atoms with Crippen molar-refractivity contribution in [3.05, 3.63) is 48.2 Å². The van der Waals surface area contributed by atoms with Crippen molar-refractivity contribution in [1.82, 2.24) is 4.98 Å². The predicted octanol–water partition coefficient (Wildman–Crippen LogP) is 2.85. The molecule has 1 aromatic heterocycles. The van der Waals surface area contributed by atoms with E-state index in [1.54, 1.807) is 19.2 Å². The van der Waals surface area contributed by atoms with Crippen LogP contribution in [0.1, 0.15) is 25.3 Å². The third kappa shape index (κ3) is 4.29. The van der Waals surface area contributed by atoms with Crippen molar-refractivity contribution in [3.8, 4) is 11.3 Å². The zero-order valence-electron chi connectivity index (χ0n) is 12.9. The highest BCUT2D eigenvalue weighted by Crippen LogP contribution is 2.24. The van der Waals surface area contributed by atoms with Crippen LogP contribution in [0.5, 0.6) is 0 Å². The second-order valence-electron chi connectivity index (χ2n) is 4.88. The predicted molar refractivity (Wildman–Crippen MR) is 88.3 cm³/mol. The molecule has 2 rings (SSSR count). The summed E-state index contributed by atoms with van der Waals surface area (Å²) < 4.78 is 4.86. The minimum Gasteiger partial charge on any atom is -0.466 e. The number of carbonyl (C=O) groups excluding carboxylic acids is 1. The molecule has 0 unspecified atom stereocenters. The first-order chi connectivity index (χ1) is 11.2. The lowest BCUT2D eigenvalue weighted by atomic mass is 10.0. The van der Waals surface area contributed by atoms with Crippen LogP contribution in [0.4, 0.5) is 5.69 Å². The number of nitrogen functional groups attached to an aromatic ring is 1. The van der Waals surface area contributed by atoms with Crippen LogP contribution in [-0.2, 0) is 9.53 Å². The molecule has 0 saturated heterocycles. The average Bonchev–Trinajstić information content (AvgIpc) is 2.56. The number of esters is 1. The molecule has 0 aliphatic rings. The van der Waals surface area contributed by atoms with E-state index in [1.807, 2.05) is 30.3 Å². The summed E-state index contributed by atoms with van der Waals surface area (Å²) in [6, 6.07) is 11.3. The molecule has 120 valence electrons. The SMILES string of the molecule is CCOC(=O)CCC(=NO)c1cnc(-c2ccccc2)c(N)c1. The minimum atomic E-state index is -0.338. The second-order valence-corrected chi connectivity index (χ2v) is 4.88. The summed E-state index contributed by atoms with van der Waals surface area (Å²) in [5.41, 5.74) is 9.03. The molecule has 0 atom stereocenters. The van der Waals surface area contributed by atoms with Gasteiger partial charge in [-0.2, -0.15) is 0 Å². The number of carbonyl (C=O) groups is 1. The van der Waals surface area contributed by atoms with Crippen LogP contribution in [0.15, 0.2) is 47.8 Å². The molecule has 0 aliphatic carbocycles. The molecule has 0 amide bonds. The monoisotopic (exact) mass is 313 g/mol. The smallest absolute Gasteiger partial charge is 0.306 e. The van der Waals surface area contributed by atoms with Gasteiger partial charge in [-0.25, -0.2) is 0 Å². The number of aromatic nitrogens is 1. The molecule has 6 nitrogen and oxygen atoms in total. The van der Waals surface area contributed by atoms with Gasteiger partial charge in [0, 0.05) is 23.7 Å². The van der Waals surface area contributed by atoms with Crippen molar-refractivity contribution in [3.63, 3.8) is 0 Å². The van der Waals surface area contributed by atoms with Crippen LogP contribution in [0.3, 0.4) is 0 Å². The lowest BCUT2D eigenvalue weighted by molar-refractivity contribution is -0.142. The normalized spacial score (nSPS) is 11.3. The summed E-state index contributed by atoms with van der Waals surface area (Å²) in [4.78, 5) is 15.7. The van der Waals surface area contributed by atoms with Crippen molar-refractivity contribution in [2.75, 3.05) is 12.3 Å². The van der Waals surface area contributed by atoms with E-state index >= 15 is 0 Å². The molecule has 0 fully saturated rings. The first-order valence-corrected chi connectivity index (χ1v) is 7.33. The van der Waals surface area contributed by atoms with E-state index in [2.05, 4.69) is 10.1 Å². The first kappa shape index (κ1) is 16.5. The number of benzene rings is 1. The number of anilines is 1. The Hall–Kier alpha value is -2.89. The van der Waals surface area contributed by atoms with Crippen LogP contribution >= 0.6 is 0 Å². The van der Waals surface area contributed by atoms with E-state index in [9.17, 15) is 4.79 Å². The number of nitrogens with zero attached hydrogens (tertiary/aromatic N) is 2. The van der Waals surface area contributed by atoms with Crippen LogP contribution in [0, 0.1) is 0 Å². The van der Waals surface area contributed by atoms with Gasteiger partial charge in [0.25, 0.3) is 0 Å². The van der Waals surface area contributed by atoms with Crippen LogP contribution in [0.2, 0.25) is 0 Å². The topological polar surface area (TPSA) is 97.8 Å². The maximum Gasteiger partial charge on any atom is 0.306 e. The molecule has 0 bridgehead atoms. The number of ether oxygens (including phenoxy) is 1. The standard InChI is InChI=1S/C17H19N3O3/c1-2-23-16(21)9-8-15(20-22)13-10-14(18)17(19-11-13)12-6-4-3-5-7-12/h3-7,10-11,22H,2,8-9,18H2,1H3. The summed E-state index contributed by atoms with van der Waals surface area (Å²) in [5, 5.41) is 12.4. The van der Waals surface area contributed by atoms with Gasteiger partial charge < -0.3 is 15.7 Å². The summed E-state index contributed by atoms with van der Waals surface area (Å²) in [6.45, 7) is 2.07. The number of hydrogen-bond acceptors (Lipinski definition) is 6. The van der Waals surface area contributed by atoms with Gasteiger partial charge in [-0.3, -0.25) is 9.78 Å². The third-order valence-corrected chi connectivity index (χ3v) is 3.29. The maximum atomic E-state index is 11.4. The van der Waals surface area contributed by atoms with Gasteiger partial charge in [0.05, 0.1) is 30.1 Å². The van der Waals surface area contributed by atoms with Gasteiger partial charge in [-0.05, 0) is 13.0 Å². The van der Waals surface area contributed by atoms with E-state index in [0.717, 1.165) is 5.56 Å². The fourth-order valence-electron chi connectivity index (χ4n) is 2.18. The van der Waals surface area contributed by atoms with E-state index in [4.69, 9.17) is 15.7 Å². The van der Waals surface area contributed by atoms with E-state index in [0.29, 0.717) is 29.3 Å². The van der Waals surface area contributed by atoms with Gasteiger partial charge >= 0.3 is 5.97 Å². The lowest BCUT2D eigenvalue weighted by Crippen LogP contribution is -2.10. The van der Waals surface area contributed by atoms with Crippen molar-refractivity contribution < 1.29 is 14.7 Å². The Labute approximate surface area is 134 Å². The molecule has 0 saturated carbocycles. The number of nitrogens with two attached hydrogens (primary N) is 1. The number of hydrogen-bond donors (Lipinski definition) is 2. The molecule has 0 aliphatic heterocycles. The molecular weight excluding hydrogens is 294 g/mol. The fourth-order valence-corrected chi connectivity index (χ4v) is 2.18. The highest BCUT2D eigenvalue weighted by Gasteiger charge is 2.12. The Morgan fingerprint density at radius 3 is 2.65 bits per heavy atom. The van der Waals surface area contributed by atoms with Crippen molar-refractivity contribution in [2.24, 2.45) is 5.16 Å². The summed E-state index contributed by atoms with van der Waals surface area (Å²) >= 11 is 0. The quantitative estimate of drug-likeness (QED) is 0.370. The summed E-state index contributed by atoms with van der Waals surface area (Å²) in [7, 11) is 0. The highest BCUT2D eigenvalue weighted by atomic mass is 16.5. The van der Waals surface area contributed by atoms with Gasteiger partial charge in [0.15, 0.2) is 0 Å². The molecule has 23 heavy (non-hydrogen) atoms. The van der Waals surface area contributed by atoms with E-state index in [-0.39, 0.29) is 18.8 Å². The Balaban J connectivity index is 2.17. The Kier molecular flexibility index (Phi) is 5.68. The van der Waals surface area contributed by atoms with Gasteiger partial charge in [-0.15, -0.1) is 0 Å². The number of pyridine rings is 1. The molecule has 0 spiro atoms. The van der Waals surface area contributed by atoms with Crippen LogP contribution in [0.25, 0.3) is 11.3 Å². The van der Waals surface area contributed by atoms with Gasteiger partial charge in [0.1, 0.15) is 0 Å². The van der Waals surface area contributed by atoms with Crippen molar-refractivity contribution in [1.29, 1.82) is 0 Å². The number of rotatable bonds is 6. The average molecular weight is 313 g/mol. The van der Waals surface area contributed by atoms with Crippen molar-refractivity contribution in [2.45, 2.75) is 19.8 Å². The molecular formula is C17H19N3O3. The summed E-state index contributed by atoms with van der Waals surface area (Å²) in [6.07, 6.45) is 1.97. The Bertz CT molecular complexity index is 699. The largest absolute Gasteiger partial charge is 0.466 e. The lowest BCUT2D eigenvalue weighted by Gasteiger charge is -2.09. The van der Waals surface area contributed by atoms with Crippen LogP contribution in [-0.4, -0.2) is 28.5 Å². The van der Waals surface area contributed by atoms with Crippen LogP contribution < -0.4 is 5.73 Å². The zero-order chi connectivity index (χ0) is 16.7. The fraction of sp³-hybridized carbons (Fsp3) is 0.235. The third-order valence-electron chi connectivity index (χ3n) is 3.29. The zero-order valence-corrected chi connectivity index (χ0v) is 12.9. The number of oxime groups is 1. The highest BCUT2D eigenvalue weighted by molar-refractivity contribution is 6.02. The molecule has 3 N–H and O–H groups in total. The first-order valence-electron chi connectivity index (χ1n) is 7.33. The van der Waals surface area contributed by atoms with Gasteiger partial charge in [-0.1, -0.05) is 35.5 Å². The summed E-state index contributed by atoms with van der Waals surface area (Å²) in [5.74, 6) is -0.338. The Morgan fingerprint density at radius 2 is 2.04 bits per heavy atom. The molecule has 1 aromatic carbocycles. The molecule has 2 aromatic rings. The van der Waals surface area contributed by atoms with E-state index < -0.39 is 0 Å². The molecule has 1 heterocycles. The molecule has 6 heteroatoms. The minimum absolute atomic E-state index is 0.133. The van der Waals surface area contributed by atoms with Crippen molar-refractivity contribution >= 4 is 17.4 Å². The van der Waals surface area contributed by atoms with E-state index in [1.165, 1.54) is 0 Å². The Morgan fingerprint density at radius 1 is 1.30 bits per heavy atom. The molecule has 0 radical (unpaired) electrons. The maximum absolute atomic E-state index is 11.4. The second kappa shape index (κ2) is 7.93. The van der Waals surface area contributed by atoms with Gasteiger partial charge in [0.2, 0.25) is 0 Å².